The molecule has 0 heterocycles. The fourth-order valence-electron chi connectivity index (χ4n) is 4.53. The summed E-state index contributed by atoms with van der Waals surface area (Å²) in [6, 6.07) is 0. The molecular weight excluding hydrogens is 352 g/mol. The second kappa shape index (κ2) is 10.8. The number of carbonyl (C=O) groups is 2. The predicted octanol–water partition coefficient (Wildman–Crippen LogP) is 5.57. The summed E-state index contributed by atoms with van der Waals surface area (Å²) in [5.41, 5.74) is -0.239. The molecule has 0 aromatic rings. The van der Waals surface area contributed by atoms with Crippen molar-refractivity contribution in [2.24, 2.45) is 29.1 Å². The van der Waals surface area contributed by atoms with Gasteiger partial charge in [0.25, 0.3) is 0 Å². The maximum absolute atomic E-state index is 12.6. The van der Waals surface area contributed by atoms with Gasteiger partial charge < -0.3 is 9.47 Å². The molecule has 0 spiro atoms. The van der Waals surface area contributed by atoms with Gasteiger partial charge in [0.05, 0.1) is 18.6 Å². The zero-order chi connectivity index (χ0) is 20.7. The minimum absolute atomic E-state index is 0.00966. The van der Waals surface area contributed by atoms with Gasteiger partial charge in [0, 0.05) is 17.9 Å². The van der Waals surface area contributed by atoms with Crippen LogP contribution in [0, 0.1) is 29.1 Å². The molecule has 4 nitrogen and oxygen atoms in total. The average molecular weight is 395 g/mol. The van der Waals surface area contributed by atoms with E-state index in [0.717, 1.165) is 51.6 Å². The second-order valence-electron chi connectivity index (χ2n) is 10.0. The van der Waals surface area contributed by atoms with Crippen molar-refractivity contribution in [3.63, 3.8) is 0 Å². The van der Waals surface area contributed by atoms with Crippen LogP contribution in [0.2, 0.25) is 0 Å². The molecule has 0 atom stereocenters. The Morgan fingerprint density at radius 3 is 1.86 bits per heavy atom. The Morgan fingerprint density at radius 2 is 1.36 bits per heavy atom. The number of Topliss-reactive ketones (excluding diaryl/α,β-unsaturated/α-hetero) is 1. The van der Waals surface area contributed by atoms with E-state index < -0.39 is 0 Å². The molecule has 2 saturated carbocycles. The van der Waals surface area contributed by atoms with Crippen molar-refractivity contribution < 1.29 is 19.1 Å². The molecule has 0 N–H and O–H groups in total. The van der Waals surface area contributed by atoms with Crippen LogP contribution in [0.1, 0.15) is 92.4 Å². The normalized spacial score (nSPS) is 28.9. The Labute approximate surface area is 172 Å². The maximum Gasteiger partial charge on any atom is 0.308 e. The molecule has 162 valence electrons. The van der Waals surface area contributed by atoms with E-state index >= 15 is 0 Å². The number of hydrogen-bond acceptors (Lipinski definition) is 4. The van der Waals surface area contributed by atoms with Gasteiger partial charge in [-0.15, -0.1) is 0 Å². The zero-order valence-electron chi connectivity index (χ0n) is 18.8. The fourth-order valence-corrected chi connectivity index (χ4v) is 4.53. The number of hydrogen-bond donors (Lipinski definition) is 0. The lowest BCUT2D eigenvalue weighted by atomic mass is 9.72. The smallest absolute Gasteiger partial charge is 0.308 e. The van der Waals surface area contributed by atoms with Crippen LogP contribution in [-0.2, 0) is 19.1 Å². The first-order chi connectivity index (χ1) is 13.2. The van der Waals surface area contributed by atoms with Gasteiger partial charge in [0.1, 0.15) is 5.78 Å². The predicted molar refractivity (Wildman–Crippen MR) is 112 cm³/mol. The summed E-state index contributed by atoms with van der Waals surface area (Å²) in [5, 5.41) is 0. The molecular formula is C24H42O4. The molecule has 0 unspecified atom stereocenters. The Kier molecular flexibility index (Phi) is 8.98. The summed E-state index contributed by atoms with van der Waals surface area (Å²) in [7, 11) is 0. The standard InChI is InChI=1S/C24H42O4/c1-6-24(4,5)22(25)20-11-13-21(14-12-20)23(26)28-16-19-9-7-18(8-10-19)15-27-17(2)3/h17-21H,6-16H2,1-5H3. The third kappa shape index (κ3) is 6.86. The van der Waals surface area contributed by atoms with Crippen molar-refractivity contribution in [1.82, 2.24) is 0 Å². The van der Waals surface area contributed by atoms with Gasteiger partial charge >= 0.3 is 5.97 Å². The summed E-state index contributed by atoms with van der Waals surface area (Å²) < 4.78 is 11.4. The highest BCUT2D eigenvalue weighted by Crippen LogP contribution is 2.36. The lowest BCUT2D eigenvalue weighted by Crippen LogP contribution is -2.34. The first kappa shape index (κ1) is 23.4. The molecule has 4 heteroatoms. The lowest BCUT2D eigenvalue weighted by molar-refractivity contribution is -0.152. The van der Waals surface area contributed by atoms with Crippen molar-refractivity contribution in [2.45, 2.75) is 98.5 Å². The van der Waals surface area contributed by atoms with E-state index in [0.29, 0.717) is 30.3 Å². The Bertz CT molecular complexity index is 495. The summed E-state index contributed by atoms with van der Waals surface area (Å²) in [4.78, 5) is 25.1. The largest absolute Gasteiger partial charge is 0.465 e. The third-order valence-corrected chi connectivity index (χ3v) is 7.08. The lowest BCUT2D eigenvalue weighted by Gasteiger charge is -2.32. The second-order valence-corrected chi connectivity index (χ2v) is 10.0. The first-order valence-electron chi connectivity index (χ1n) is 11.6. The van der Waals surface area contributed by atoms with Crippen molar-refractivity contribution in [3.05, 3.63) is 0 Å². The highest BCUT2D eigenvalue weighted by molar-refractivity contribution is 5.86. The summed E-state index contributed by atoms with van der Waals surface area (Å²) in [5.74, 6) is 1.62. The molecule has 0 aromatic heterocycles. The van der Waals surface area contributed by atoms with E-state index in [1.165, 1.54) is 12.8 Å². The summed E-state index contributed by atoms with van der Waals surface area (Å²) in [6.07, 6.45) is 9.07. The Hall–Kier alpha value is -0.900. The van der Waals surface area contributed by atoms with E-state index in [2.05, 4.69) is 20.8 Å². The van der Waals surface area contributed by atoms with Crippen LogP contribution in [0.4, 0.5) is 0 Å². The molecule has 0 bridgehead atoms. The highest BCUT2D eigenvalue weighted by Gasteiger charge is 2.36. The highest BCUT2D eigenvalue weighted by atomic mass is 16.5. The Morgan fingerprint density at radius 1 is 0.857 bits per heavy atom. The van der Waals surface area contributed by atoms with Crippen LogP contribution in [0.3, 0.4) is 0 Å². The molecule has 2 fully saturated rings. The van der Waals surface area contributed by atoms with E-state index in [1.54, 1.807) is 0 Å². The molecule has 0 aromatic carbocycles. The average Bonchev–Trinajstić information content (AvgIpc) is 2.70. The van der Waals surface area contributed by atoms with Gasteiger partial charge in [0.2, 0.25) is 0 Å². The summed E-state index contributed by atoms with van der Waals surface area (Å²) >= 11 is 0. The van der Waals surface area contributed by atoms with Crippen LogP contribution in [0.25, 0.3) is 0 Å². The van der Waals surface area contributed by atoms with Crippen LogP contribution in [-0.4, -0.2) is 31.1 Å². The molecule has 0 aliphatic heterocycles. The molecule has 2 aliphatic carbocycles. The first-order valence-corrected chi connectivity index (χ1v) is 11.6. The van der Waals surface area contributed by atoms with Gasteiger partial charge in [-0.25, -0.2) is 0 Å². The zero-order valence-corrected chi connectivity index (χ0v) is 18.8. The third-order valence-electron chi connectivity index (χ3n) is 7.08. The molecule has 28 heavy (non-hydrogen) atoms. The van der Waals surface area contributed by atoms with Crippen LogP contribution < -0.4 is 0 Å². The van der Waals surface area contributed by atoms with E-state index in [4.69, 9.17) is 9.47 Å². The Balaban J connectivity index is 1.65. The number of carbonyl (C=O) groups excluding carboxylic acids is 2. The monoisotopic (exact) mass is 394 g/mol. The molecule has 0 saturated heterocycles. The molecule has 0 radical (unpaired) electrons. The van der Waals surface area contributed by atoms with Crippen molar-refractivity contribution in [1.29, 1.82) is 0 Å². The van der Waals surface area contributed by atoms with Crippen LogP contribution >= 0.6 is 0 Å². The van der Waals surface area contributed by atoms with Crippen LogP contribution in [0.15, 0.2) is 0 Å². The number of esters is 1. The van der Waals surface area contributed by atoms with Gasteiger partial charge in [-0.05, 0) is 83.5 Å². The minimum atomic E-state index is -0.239. The van der Waals surface area contributed by atoms with Gasteiger partial charge in [0.15, 0.2) is 0 Å². The summed E-state index contributed by atoms with van der Waals surface area (Å²) in [6.45, 7) is 11.8. The van der Waals surface area contributed by atoms with Gasteiger partial charge in [-0.2, -0.15) is 0 Å². The van der Waals surface area contributed by atoms with Gasteiger partial charge in [-0.3, -0.25) is 9.59 Å². The van der Waals surface area contributed by atoms with Crippen molar-refractivity contribution >= 4 is 11.8 Å². The SMILES string of the molecule is CCC(C)(C)C(=O)C1CCC(C(=O)OCC2CCC(COC(C)C)CC2)CC1. The molecule has 2 rings (SSSR count). The van der Waals surface area contributed by atoms with E-state index in [9.17, 15) is 9.59 Å². The number of ketones is 1. The quantitative estimate of drug-likeness (QED) is 0.480. The van der Waals surface area contributed by atoms with Gasteiger partial charge in [-0.1, -0.05) is 20.8 Å². The number of rotatable bonds is 9. The van der Waals surface area contributed by atoms with Crippen molar-refractivity contribution in [2.75, 3.05) is 13.2 Å². The maximum atomic E-state index is 12.6. The fraction of sp³-hybridized carbons (Fsp3) is 0.917. The minimum Gasteiger partial charge on any atom is -0.465 e. The van der Waals surface area contributed by atoms with E-state index in [-0.39, 0.29) is 23.2 Å². The van der Waals surface area contributed by atoms with Crippen molar-refractivity contribution in [3.8, 4) is 0 Å². The molecule has 0 amide bonds. The van der Waals surface area contributed by atoms with E-state index in [1.807, 2.05) is 13.8 Å². The van der Waals surface area contributed by atoms with Crippen LogP contribution in [0.5, 0.6) is 0 Å². The topological polar surface area (TPSA) is 52.6 Å². The molecule has 2 aliphatic rings. The number of ether oxygens (including phenoxy) is 2.